The SMILES string of the molecule is NCOc1ccc2c(c1O)[C@]13CCN(CC4CCC4)[C@H](C2)[C@]1(O)CCC(=O)C3.O=S(=O)(Oc1ccc2c3c1OC1[C@@H](O)CC[C@@]4(O)[C@@H](C2)N(CC2CCC2)CC[C@]314)C(F)(F)F.Oc1ccc2c3c1OC1[C@@H](O)CC[C@@]4(O)[C@@H](C2)N(CC2CCC2)CC[C@]314.[C-]#[N+]c1ccc2c3c1OC1C(=O)CC[C@@]4(O)[C@@H](C2)N(CC2CCC2)CC[C@]314.[C-]#[N+]c1ccc2c3c1OC1[C@@H](O)CC[C@@]4(O)[C@@H](C2)N(CC2CCC2)CC[C@]314. The molecular formula is C109H133F3N8O20S. The first-order valence-corrected chi connectivity index (χ1v) is 54.4. The van der Waals surface area contributed by atoms with Gasteiger partial charge in [-0.15, -0.1) is 0 Å². The lowest BCUT2D eigenvalue weighted by molar-refractivity contribution is -0.209. The Kier molecular flexibility index (Phi) is 22.2. The highest BCUT2D eigenvalue weighted by molar-refractivity contribution is 7.88. The number of hydrogen-bond acceptors (Lipinski definition) is 26. The molecule has 141 heavy (non-hydrogen) atoms. The quantitative estimate of drug-likeness (QED) is 0.0213. The fourth-order valence-corrected chi connectivity index (χ4v) is 34.4. The highest BCUT2D eigenvalue weighted by Gasteiger charge is 2.79. The van der Waals surface area contributed by atoms with Crippen LogP contribution < -0.4 is 33.6 Å². The van der Waals surface area contributed by atoms with Gasteiger partial charge in [0.15, 0.2) is 46.4 Å². The van der Waals surface area contributed by atoms with Crippen molar-refractivity contribution in [1.29, 1.82) is 0 Å². The highest BCUT2D eigenvalue weighted by atomic mass is 32.2. The smallest absolute Gasteiger partial charge is 0.504 e. The summed E-state index contributed by atoms with van der Waals surface area (Å²) in [4.78, 5) is 45.1. The Morgan fingerprint density at radius 3 is 1.18 bits per heavy atom. The van der Waals surface area contributed by atoms with Crippen LogP contribution >= 0.6 is 0 Å². The molecule has 12 N–H and O–H groups in total. The Morgan fingerprint density at radius 2 is 0.766 bits per heavy atom. The van der Waals surface area contributed by atoms with Crippen LogP contribution in [0.25, 0.3) is 9.69 Å². The zero-order valence-corrected chi connectivity index (χ0v) is 80.9. The van der Waals surface area contributed by atoms with Gasteiger partial charge >= 0.3 is 15.6 Å². The number of piperidine rings is 5. The number of phenols is 2. The van der Waals surface area contributed by atoms with Crippen molar-refractivity contribution in [3.8, 4) is 46.0 Å². The number of hydrogen-bond donors (Lipinski definition) is 11. The van der Waals surface area contributed by atoms with E-state index in [1.165, 1.54) is 119 Å². The largest absolute Gasteiger partial charge is 0.534 e. The number of phenolic OH excluding ortho intramolecular Hbond substituents is 2. The molecule has 756 valence electrons. The highest BCUT2D eigenvalue weighted by Crippen LogP contribution is 2.72. The maximum atomic E-state index is 13.0. The van der Waals surface area contributed by atoms with Crippen molar-refractivity contribution >= 4 is 33.1 Å². The van der Waals surface area contributed by atoms with Gasteiger partial charge in [-0.3, -0.25) is 39.8 Å². The number of carbonyl (C=O) groups is 2. The van der Waals surface area contributed by atoms with Crippen LogP contribution in [0.15, 0.2) is 60.7 Å². The van der Waals surface area contributed by atoms with E-state index in [9.17, 15) is 82.2 Å². The van der Waals surface area contributed by atoms with Crippen LogP contribution in [0.3, 0.4) is 0 Å². The molecule has 22 atom stereocenters. The minimum atomic E-state index is -5.90. The van der Waals surface area contributed by atoms with Gasteiger partial charge in [-0.2, -0.15) is 21.6 Å². The Labute approximate surface area is 820 Å². The fraction of sp³-hybridized carbons (Fsp3) is 0.688. The molecule has 9 aliphatic heterocycles. The van der Waals surface area contributed by atoms with Gasteiger partial charge in [0.2, 0.25) is 11.4 Å². The monoisotopic (exact) mass is 1960 g/mol. The number of aliphatic hydroxyl groups is 8. The number of likely N-dealkylation sites (tertiary alicyclic amines) is 5. The van der Waals surface area contributed by atoms with E-state index < -0.39 is 119 Å². The van der Waals surface area contributed by atoms with E-state index in [0.717, 1.165) is 154 Å². The summed E-state index contributed by atoms with van der Waals surface area (Å²) >= 11 is 0. The lowest BCUT2D eigenvalue weighted by Crippen LogP contribution is -2.77. The lowest BCUT2D eigenvalue weighted by atomic mass is 9.48. The first-order chi connectivity index (χ1) is 67.7. The van der Waals surface area contributed by atoms with Gasteiger partial charge in [-0.1, -0.05) is 74.6 Å². The summed E-state index contributed by atoms with van der Waals surface area (Å²) in [5, 5.41) is 114. The van der Waals surface area contributed by atoms with Gasteiger partial charge in [0.1, 0.15) is 42.3 Å². The number of aliphatic hydroxyl groups excluding tert-OH is 3. The standard InChI is InChI=1S/C22H26F3NO6S.C22H30N2O4.C22H26N2O3.C22H24N2O3.C21H27NO4/c23-22(24,25)33(29,30)32-15-5-4-13-10-16-21(28)7-6-14(27)19-20(21,17(13)18(15)31-19)8-9-26(16)11-12-2-1-3-12;23-13-28-17-5-4-15-10-18-22(27)7-6-16(25)11-21(22,19(15)20(17)26)8-9-24(18)12-14-2-1-3-14;2*1-23-15-6-5-14-11-17-22(26)8-7-16(25)20-21(22,18(14)19(15)27-20)9-10-24(17)12-13-3-2-4-13;23-14-5-4-13-10-16-21(25)7-6-15(24)19-20(21,17(13)18(14)26-19)8-9-22(16)11-12-2-1-3-12/h4-5,12,14,16,19,27-28H,1-3,6-11H2;4-5,14,18,26-27H,1-3,6-13,23H2;5-6,13,16-17,20,25-26H,2-4,7-12H2;5-6,13,17,20,26H,2-4,7-12H2;4-5,12,15-16,19,23-25H,1-3,6-11H2/t14-,16+,19?,20-,21+;18-,21-,22-;16-,17+,20?,21-,22+;17-,20?,21+,22-;15-,16+,19?,20-,21+/m01010/s1. The van der Waals surface area contributed by atoms with Gasteiger partial charge < -0.3 is 78.9 Å². The number of Topliss-reactive ketones (excluding diaryl/α,β-unsaturated/α-hetero) is 2. The van der Waals surface area contributed by atoms with Crippen molar-refractivity contribution in [2.45, 2.75) is 365 Å². The van der Waals surface area contributed by atoms with Gasteiger partial charge in [0.25, 0.3) is 0 Å². The molecule has 5 saturated heterocycles. The molecule has 32 heteroatoms. The van der Waals surface area contributed by atoms with Crippen LogP contribution in [-0.2, 0) is 78.9 Å². The second-order valence-corrected chi connectivity index (χ2v) is 48.8. The molecule has 28 nitrogen and oxygen atoms in total. The van der Waals surface area contributed by atoms with Crippen LogP contribution in [0.4, 0.5) is 24.5 Å². The number of rotatable bonds is 14. The molecule has 0 radical (unpaired) electrons. The van der Waals surface area contributed by atoms with E-state index in [4.69, 9.17) is 42.6 Å². The number of aromatic hydroxyl groups is 2. The molecule has 15 fully saturated rings. The van der Waals surface area contributed by atoms with Crippen LogP contribution in [0.1, 0.15) is 255 Å². The Hall–Kier alpha value is -8.00. The molecule has 10 saturated carbocycles. The van der Waals surface area contributed by atoms with E-state index >= 15 is 0 Å². The van der Waals surface area contributed by atoms with Gasteiger partial charge in [0.05, 0.1) is 81.1 Å². The van der Waals surface area contributed by atoms with Gasteiger partial charge in [0, 0.05) is 104 Å². The molecule has 10 bridgehead atoms. The zero-order chi connectivity index (χ0) is 97.4. The van der Waals surface area contributed by atoms with E-state index in [-0.39, 0.29) is 72.2 Å². The second-order valence-electron chi connectivity index (χ2n) is 47.2. The normalized spacial score (nSPS) is 39.4. The summed E-state index contributed by atoms with van der Waals surface area (Å²) in [6.45, 7) is 24.5. The number of ketones is 2. The van der Waals surface area contributed by atoms with Crippen molar-refractivity contribution in [1.82, 2.24) is 24.5 Å². The molecule has 0 aromatic heterocycles. The number of benzene rings is 5. The third-order valence-electron chi connectivity index (χ3n) is 41.6. The van der Waals surface area contributed by atoms with Gasteiger partial charge in [-0.05, 0) is 299 Å². The van der Waals surface area contributed by atoms with E-state index in [0.29, 0.717) is 142 Å². The second kappa shape index (κ2) is 33.3. The van der Waals surface area contributed by atoms with Crippen LogP contribution in [0.2, 0.25) is 0 Å². The number of fused-ring (bicyclic) bond motifs is 1. The van der Waals surface area contributed by atoms with Crippen LogP contribution in [0.5, 0.6) is 46.0 Å². The van der Waals surface area contributed by atoms with Crippen molar-refractivity contribution in [2.24, 2.45) is 35.3 Å². The van der Waals surface area contributed by atoms with E-state index in [1.807, 2.05) is 30.3 Å². The molecule has 5 aromatic carbocycles. The first kappa shape index (κ1) is 94.0. The summed E-state index contributed by atoms with van der Waals surface area (Å²) in [5.41, 5.74) is 2.10. The number of carbonyl (C=O) groups excluding carboxylic acids is 2. The summed E-state index contributed by atoms with van der Waals surface area (Å²) in [6.07, 6.45) is 26.9. The van der Waals surface area contributed by atoms with Crippen molar-refractivity contribution in [3.63, 3.8) is 0 Å². The zero-order valence-electron chi connectivity index (χ0n) is 80.1. The summed E-state index contributed by atoms with van der Waals surface area (Å²) in [7, 11) is -5.90. The van der Waals surface area contributed by atoms with Crippen molar-refractivity contribution in [2.75, 3.05) is 72.2 Å². The third kappa shape index (κ3) is 13.0. The number of alkyl halides is 3. The van der Waals surface area contributed by atoms with Crippen molar-refractivity contribution in [3.05, 3.63) is 139 Å². The minimum absolute atomic E-state index is 0.00290. The third-order valence-corrected chi connectivity index (χ3v) is 42.5. The molecule has 4 spiro atoms. The Bertz CT molecular complexity index is 6140. The predicted molar refractivity (Wildman–Crippen MR) is 508 cm³/mol. The molecule has 4 unspecified atom stereocenters. The molecular weight excluding hydrogens is 1830 g/mol. The number of nitrogens with two attached hydrogens (primary N) is 1. The Balaban J connectivity index is 0.0000000930. The molecule has 9 heterocycles. The summed E-state index contributed by atoms with van der Waals surface area (Å²) in [5.74, 6) is 5.50. The molecule has 0 amide bonds. The predicted octanol–water partition coefficient (Wildman–Crippen LogP) is 11.1. The van der Waals surface area contributed by atoms with Crippen LogP contribution in [-0.4, -0.2) is 274 Å². The minimum Gasteiger partial charge on any atom is -0.504 e. The first-order valence-electron chi connectivity index (χ1n) is 53.0. The fourth-order valence-electron chi connectivity index (χ4n) is 33.9. The number of ether oxygens (including phenoxy) is 5. The topological polar surface area (TPSA) is 377 Å². The molecule has 15 aliphatic carbocycles. The molecule has 5 aromatic rings. The molecule has 29 rings (SSSR count). The van der Waals surface area contributed by atoms with E-state index in [1.54, 1.807) is 18.2 Å². The number of halogens is 3. The Morgan fingerprint density at radius 1 is 0.418 bits per heavy atom. The maximum absolute atomic E-state index is 13.0. The summed E-state index contributed by atoms with van der Waals surface area (Å²) < 4.78 is 96.9. The number of nitrogens with zero attached hydrogens (tertiary/aromatic N) is 7. The maximum Gasteiger partial charge on any atom is 0.534 e. The van der Waals surface area contributed by atoms with Crippen LogP contribution in [0, 0.1) is 42.7 Å². The van der Waals surface area contributed by atoms with Gasteiger partial charge in [-0.25, -0.2) is 9.69 Å². The van der Waals surface area contributed by atoms with E-state index in [2.05, 4.69) is 44.4 Å². The average molecular weight is 1960 g/mol. The lowest BCUT2D eigenvalue weighted by Gasteiger charge is -2.64. The molecule has 24 aliphatic rings. The average Bonchev–Trinajstić information content (AvgIpc) is 1.47. The summed E-state index contributed by atoms with van der Waals surface area (Å²) in [6, 6.07) is 18.0. The van der Waals surface area contributed by atoms with Crippen molar-refractivity contribution < 1.29 is 110 Å².